The molecule has 20 heavy (non-hydrogen) atoms. The number of methoxy groups -OCH3 is 2. The summed E-state index contributed by atoms with van der Waals surface area (Å²) >= 11 is 7.51. The maximum Gasteiger partial charge on any atom is 0.224 e. The van der Waals surface area contributed by atoms with E-state index in [4.69, 9.17) is 21.1 Å². The second-order valence-corrected chi connectivity index (χ2v) is 5.86. The molecule has 1 atom stereocenters. The highest BCUT2D eigenvalue weighted by molar-refractivity contribution is 7.16. The van der Waals surface area contributed by atoms with Gasteiger partial charge >= 0.3 is 0 Å². The van der Waals surface area contributed by atoms with Gasteiger partial charge in [-0.3, -0.25) is 0 Å². The molecule has 0 fully saturated rings. The van der Waals surface area contributed by atoms with Crippen molar-refractivity contribution in [1.82, 2.24) is 15.3 Å². The lowest BCUT2D eigenvalue weighted by atomic mass is 10.2. The van der Waals surface area contributed by atoms with E-state index in [1.165, 1.54) is 11.2 Å². The fourth-order valence-electron chi connectivity index (χ4n) is 1.80. The molecule has 2 rings (SSSR count). The highest BCUT2D eigenvalue weighted by Gasteiger charge is 2.15. The summed E-state index contributed by atoms with van der Waals surface area (Å²) in [6.07, 6.45) is 1.42. The van der Waals surface area contributed by atoms with Crippen molar-refractivity contribution in [2.24, 2.45) is 0 Å². The smallest absolute Gasteiger partial charge is 0.224 e. The molecule has 2 heterocycles. The molecule has 2 aromatic rings. The van der Waals surface area contributed by atoms with Gasteiger partial charge in [0.2, 0.25) is 11.8 Å². The average Bonchev–Trinajstić information content (AvgIpc) is 2.90. The van der Waals surface area contributed by atoms with Crippen LogP contribution in [-0.2, 0) is 6.54 Å². The number of nitrogens with zero attached hydrogens (tertiary/aromatic N) is 2. The average molecular weight is 314 g/mol. The van der Waals surface area contributed by atoms with E-state index in [0.717, 1.165) is 9.90 Å². The molecule has 0 aliphatic carbocycles. The quantitative estimate of drug-likeness (QED) is 0.888. The minimum atomic E-state index is 0.169. The molecule has 0 saturated carbocycles. The first-order chi connectivity index (χ1) is 9.65. The van der Waals surface area contributed by atoms with Crippen molar-refractivity contribution in [3.05, 3.63) is 33.2 Å². The Morgan fingerprint density at radius 2 is 1.90 bits per heavy atom. The molecule has 0 spiro atoms. The zero-order valence-electron chi connectivity index (χ0n) is 11.5. The van der Waals surface area contributed by atoms with Gasteiger partial charge in [-0.25, -0.2) is 9.97 Å². The number of aromatic nitrogens is 2. The molecule has 0 aliphatic heterocycles. The zero-order valence-corrected chi connectivity index (χ0v) is 13.1. The fourth-order valence-corrected chi connectivity index (χ4v) is 2.89. The first-order valence-corrected chi connectivity index (χ1v) is 7.25. The Balaban J connectivity index is 2.10. The van der Waals surface area contributed by atoms with Crippen LogP contribution in [-0.4, -0.2) is 24.2 Å². The van der Waals surface area contributed by atoms with Gasteiger partial charge < -0.3 is 14.8 Å². The van der Waals surface area contributed by atoms with E-state index in [0.29, 0.717) is 18.3 Å². The van der Waals surface area contributed by atoms with Gasteiger partial charge in [0.1, 0.15) is 6.33 Å². The van der Waals surface area contributed by atoms with Crippen molar-refractivity contribution >= 4 is 22.9 Å². The van der Waals surface area contributed by atoms with Crippen LogP contribution in [0.25, 0.3) is 0 Å². The van der Waals surface area contributed by atoms with Crippen molar-refractivity contribution in [2.75, 3.05) is 14.2 Å². The van der Waals surface area contributed by atoms with E-state index in [1.807, 2.05) is 12.1 Å². The van der Waals surface area contributed by atoms with Crippen LogP contribution in [0.15, 0.2) is 18.5 Å². The summed E-state index contributed by atoms with van der Waals surface area (Å²) in [6, 6.07) is 4.08. The lowest BCUT2D eigenvalue weighted by molar-refractivity contribution is 0.357. The molecule has 0 aromatic carbocycles. The predicted octanol–water partition coefficient (Wildman–Crippen LogP) is 3.06. The Morgan fingerprint density at radius 3 is 2.40 bits per heavy atom. The summed E-state index contributed by atoms with van der Waals surface area (Å²) in [4.78, 5) is 9.35. The molecule has 5 nitrogen and oxygen atoms in total. The number of nitrogens with one attached hydrogen (secondary N) is 1. The van der Waals surface area contributed by atoms with E-state index >= 15 is 0 Å². The maximum absolute atomic E-state index is 5.95. The number of rotatable bonds is 6. The van der Waals surface area contributed by atoms with Crippen LogP contribution in [0.1, 0.15) is 23.4 Å². The molecule has 1 N–H and O–H groups in total. The molecular weight excluding hydrogens is 298 g/mol. The van der Waals surface area contributed by atoms with Gasteiger partial charge in [0.15, 0.2) is 0 Å². The number of hydrogen-bond acceptors (Lipinski definition) is 6. The first kappa shape index (κ1) is 15.0. The Labute approximate surface area is 126 Å². The van der Waals surface area contributed by atoms with Crippen LogP contribution in [0.3, 0.4) is 0 Å². The summed E-state index contributed by atoms with van der Waals surface area (Å²) in [7, 11) is 3.15. The summed E-state index contributed by atoms with van der Waals surface area (Å²) in [5.41, 5.74) is 0.798. The minimum Gasteiger partial charge on any atom is -0.481 e. The standard InChI is InChI=1S/C13H16ClN3O2S/c1-8(10-4-5-11(14)20-10)15-6-9-12(18-2)16-7-17-13(9)19-3/h4-5,7-8,15H,6H2,1-3H3. The maximum atomic E-state index is 5.95. The summed E-state index contributed by atoms with van der Waals surface area (Å²) < 4.78 is 11.3. The van der Waals surface area contributed by atoms with Gasteiger partial charge in [0.25, 0.3) is 0 Å². The van der Waals surface area contributed by atoms with Crippen LogP contribution in [0.4, 0.5) is 0 Å². The number of thiophene rings is 1. The molecule has 1 unspecified atom stereocenters. The lowest BCUT2D eigenvalue weighted by Gasteiger charge is -2.15. The largest absolute Gasteiger partial charge is 0.481 e. The third kappa shape index (κ3) is 3.39. The highest BCUT2D eigenvalue weighted by Crippen LogP contribution is 2.28. The predicted molar refractivity (Wildman–Crippen MR) is 79.7 cm³/mol. The zero-order chi connectivity index (χ0) is 14.5. The molecule has 2 aromatic heterocycles. The second-order valence-electron chi connectivity index (χ2n) is 4.12. The van der Waals surface area contributed by atoms with Gasteiger partial charge in [0, 0.05) is 17.5 Å². The SMILES string of the molecule is COc1ncnc(OC)c1CNC(C)c1ccc(Cl)s1. The van der Waals surface area contributed by atoms with E-state index in [1.54, 1.807) is 25.6 Å². The summed E-state index contributed by atoms with van der Waals surface area (Å²) in [6.45, 7) is 2.62. The molecule has 7 heteroatoms. The normalized spacial score (nSPS) is 12.2. The minimum absolute atomic E-state index is 0.169. The van der Waals surface area contributed by atoms with E-state index in [9.17, 15) is 0 Å². The highest BCUT2D eigenvalue weighted by atomic mass is 35.5. The third-order valence-electron chi connectivity index (χ3n) is 2.86. The van der Waals surface area contributed by atoms with Crippen LogP contribution in [0.5, 0.6) is 11.8 Å². The molecule has 0 bridgehead atoms. The molecular formula is C13H16ClN3O2S. The van der Waals surface area contributed by atoms with E-state index in [2.05, 4.69) is 22.2 Å². The van der Waals surface area contributed by atoms with Gasteiger partial charge in [-0.2, -0.15) is 0 Å². The Bertz CT molecular complexity index is 554. The Hall–Kier alpha value is -1.37. The van der Waals surface area contributed by atoms with Crippen molar-refractivity contribution in [3.63, 3.8) is 0 Å². The molecule has 0 saturated heterocycles. The van der Waals surface area contributed by atoms with Gasteiger partial charge in [-0.05, 0) is 19.1 Å². The van der Waals surface area contributed by atoms with Crippen molar-refractivity contribution < 1.29 is 9.47 Å². The van der Waals surface area contributed by atoms with Crippen molar-refractivity contribution in [2.45, 2.75) is 19.5 Å². The monoisotopic (exact) mass is 313 g/mol. The molecule has 108 valence electrons. The van der Waals surface area contributed by atoms with Gasteiger partial charge in [0.05, 0.1) is 24.1 Å². The van der Waals surface area contributed by atoms with E-state index < -0.39 is 0 Å². The van der Waals surface area contributed by atoms with Gasteiger partial charge in [-0.15, -0.1) is 11.3 Å². The lowest BCUT2D eigenvalue weighted by Crippen LogP contribution is -2.18. The summed E-state index contributed by atoms with van der Waals surface area (Å²) in [5, 5.41) is 3.39. The number of halogens is 1. The number of hydrogen-bond donors (Lipinski definition) is 1. The van der Waals surface area contributed by atoms with Crippen LogP contribution in [0, 0.1) is 0 Å². The first-order valence-electron chi connectivity index (χ1n) is 6.06. The van der Waals surface area contributed by atoms with Crippen molar-refractivity contribution in [1.29, 1.82) is 0 Å². The van der Waals surface area contributed by atoms with Crippen LogP contribution in [0.2, 0.25) is 4.34 Å². The second kappa shape index (κ2) is 6.88. The molecule has 0 radical (unpaired) electrons. The van der Waals surface area contributed by atoms with E-state index in [-0.39, 0.29) is 6.04 Å². The Kier molecular flexibility index (Phi) is 5.17. The Morgan fingerprint density at radius 1 is 1.25 bits per heavy atom. The van der Waals surface area contributed by atoms with Crippen molar-refractivity contribution in [3.8, 4) is 11.8 Å². The number of ether oxygens (including phenoxy) is 2. The van der Waals surface area contributed by atoms with Crippen LogP contribution < -0.4 is 14.8 Å². The topological polar surface area (TPSA) is 56.3 Å². The fraction of sp³-hybridized carbons (Fsp3) is 0.385. The third-order valence-corrected chi connectivity index (χ3v) is 4.27. The van der Waals surface area contributed by atoms with Gasteiger partial charge in [-0.1, -0.05) is 11.6 Å². The summed E-state index contributed by atoms with van der Waals surface area (Å²) in [5.74, 6) is 1.03. The molecule has 0 amide bonds. The molecule has 0 aliphatic rings. The van der Waals surface area contributed by atoms with Crippen LogP contribution >= 0.6 is 22.9 Å².